The van der Waals surface area contributed by atoms with E-state index in [2.05, 4.69) is 11.2 Å². The van der Waals surface area contributed by atoms with Crippen molar-refractivity contribution in [2.24, 2.45) is 0 Å². The second kappa shape index (κ2) is 4.40. The predicted octanol–water partition coefficient (Wildman–Crippen LogP) is 2.12. The van der Waals surface area contributed by atoms with Gasteiger partial charge in [0.15, 0.2) is 0 Å². The van der Waals surface area contributed by atoms with Gasteiger partial charge in [0.25, 0.3) is 0 Å². The van der Waals surface area contributed by atoms with Gasteiger partial charge in [0, 0.05) is 16.8 Å². The van der Waals surface area contributed by atoms with Gasteiger partial charge in [-0.15, -0.1) is 17.8 Å². The Bertz CT molecular complexity index is 261. The lowest BCUT2D eigenvalue weighted by molar-refractivity contribution is 0.781. The molecule has 0 amide bonds. The van der Waals surface area contributed by atoms with Gasteiger partial charge in [0.05, 0.1) is 11.6 Å². The summed E-state index contributed by atoms with van der Waals surface area (Å²) in [7, 11) is 0. The molecule has 1 nitrogen and oxygen atoms in total. The van der Waals surface area contributed by atoms with Crippen molar-refractivity contribution in [3.05, 3.63) is 21.3 Å². The highest BCUT2D eigenvalue weighted by Gasteiger charge is 1.95. The predicted molar refractivity (Wildman–Crippen MR) is 49.9 cm³/mol. The fraction of sp³-hybridized carbons (Fsp3) is 0.250. The van der Waals surface area contributed by atoms with Crippen molar-refractivity contribution >= 4 is 22.9 Å². The van der Waals surface area contributed by atoms with E-state index in [1.54, 1.807) is 11.3 Å². The highest BCUT2D eigenvalue weighted by atomic mass is 35.5. The Balaban J connectivity index is 2.34. The van der Waals surface area contributed by atoms with Crippen molar-refractivity contribution in [1.82, 2.24) is 5.32 Å². The quantitative estimate of drug-likeness (QED) is 0.562. The summed E-state index contributed by atoms with van der Waals surface area (Å²) in [4.78, 5) is 1.21. The van der Waals surface area contributed by atoms with Crippen LogP contribution in [0, 0.1) is 12.3 Å². The minimum Gasteiger partial charge on any atom is -0.301 e. The van der Waals surface area contributed by atoms with Gasteiger partial charge in [-0.2, -0.15) is 0 Å². The topological polar surface area (TPSA) is 12.0 Å². The third-order valence-electron chi connectivity index (χ3n) is 1.15. The fourth-order valence-electron chi connectivity index (χ4n) is 0.704. The van der Waals surface area contributed by atoms with E-state index in [1.807, 2.05) is 11.4 Å². The highest BCUT2D eigenvalue weighted by molar-refractivity contribution is 7.10. The summed E-state index contributed by atoms with van der Waals surface area (Å²) < 4.78 is 0. The molecule has 0 spiro atoms. The maximum atomic E-state index is 5.72. The average molecular weight is 186 g/mol. The van der Waals surface area contributed by atoms with Crippen molar-refractivity contribution < 1.29 is 0 Å². The lowest BCUT2D eigenvalue weighted by Crippen LogP contribution is -2.11. The van der Waals surface area contributed by atoms with Gasteiger partial charge < -0.3 is 5.32 Å². The van der Waals surface area contributed by atoms with E-state index in [4.69, 9.17) is 18.0 Å². The van der Waals surface area contributed by atoms with Crippen molar-refractivity contribution in [2.45, 2.75) is 6.54 Å². The van der Waals surface area contributed by atoms with Crippen molar-refractivity contribution in [1.29, 1.82) is 0 Å². The first-order valence-electron chi connectivity index (χ1n) is 3.20. The van der Waals surface area contributed by atoms with E-state index in [1.165, 1.54) is 4.88 Å². The zero-order valence-corrected chi connectivity index (χ0v) is 7.50. The van der Waals surface area contributed by atoms with Crippen molar-refractivity contribution in [2.75, 3.05) is 6.54 Å². The molecule has 1 N–H and O–H groups in total. The minimum absolute atomic E-state index is 0.607. The van der Waals surface area contributed by atoms with Crippen LogP contribution in [0.3, 0.4) is 0 Å². The molecule has 0 atom stereocenters. The van der Waals surface area contributed by atoms with E-state index >= 15 is 0 Å². The highest BCUT2D eigenvalue weighted by Crippen LogP contribution is 2.18. The summed E-state index contributed by atoms with van der Waals surface area (Å²) in [5, 5.41) is 5.79. The number of thiophene rings is 1. The smallest absolute Gasteiger partial charge is 0.0576 e. The monoisotopic (exact) mass is 185 g/mol. The van der Waals surface area contributed by atoms with Crippen LogP contribution in [-0.4, -0.2) is 6.54 Å². The minimum atomic E-state index is 0.607. The van der Waals surface area contributed by atoms with Gasteiger partial charge >= 0.3 is 0 Å². The molecule has 1 heterocycles. The van der Waals surface area contributed by atoms with E-state index in [-0.39, 0.29) is 0 Å². The number of hydrogen-bond acceptors (Lipinski definition) is 2. The molecule has 3 heteroatoms. The van der Waals surface area contributed by atoms with Crippen LogP contribution in [0.2, 0.25) is 5.02 Å². The summed E-state index contributed by atoms with van der Waals surface area (Å²) in [6.07, 6.45) is 5.06. The zero-order valence-electron chi connectivity index (χ0n) is 5.93. The second-order valence-electron chi connectivity index (χ2n) is 2.04. The van der Waals surface area contributed by atoms with Gasteiger partial charge in [0.1, 0.15) is 0 Å². The Hall–Kier alpha value is -0.490. The third-order valence-corrected chi connectivity index (χ3v) is 2.43. The summed E-state index contributed by atoms with van der Waals surface area (Å²) >= 11 is 7.35. The molecule has 1 aromatic rings. The largest absolute Gasteiger partial charge is 0.301 e. The maximum absolute atomic E-state index is 5.72. The molecule has 0 aromatic carbocycles. The molecule has 0 bridgehead atoms. The Morgan fingerprint density at radius 2 is 2.55 bits per heavy atom. The van der Waals surface area contributed by atoms with Crippen LogP contribution in [-0.2, 0) is 6.54 Å². The molecule has 0 fully saturated rings. The van der Waals surface area contributed by atoms with Gasteiger partial charge in [0.2, 0.25) is 0 Å². The first-order chi connectivity index (χ1) is 5.33. The number of hydrogen-bond donors (Lipinski definition) is 1. The number of terminal acetylenes is 1. The lowest BCUT2D eigenvalue weighted by Gasteiger charge is -1.94. The van der Waals surface area contributed by atoms with Gasteiger partial charge in [-0.3, -0.25) is 0 Å². The normalized spacial score (nSPS) is 9.45. The third kappa shape index (κ3) is 2.94. The molecule has 0 unspecified atom stereocenters. The van der Waals surface area contributed by atoms with E-state index < -0.39 is 0 Å². The Morgan fingerprint density at radius 1 is 1.73 bits per heavy atom. The number of nitrogens with one attached hydrogen (secondary N) is 1. The molecule has 58 valence electrons. The molecule has 1 aromatic heterocycles. The zero-order chi connectivity index (χ0) is 8.10. The molecule has 0 aliphatic heterocycles. The van der Waals surface area contributed by atoms with E-state index in [0.29, 0.717) is 6.54 Å². The molecule has 0 saturated carbocycles. The number of rotatable bonds is 3. The van der Waals surface area contributed by atoms with Crippen LogP contribution in [0.15, 0.2) is 11.4 Å². The lowest BCUT2D eigenvalue weighted by atomic mass is 10.4. The second-order valence-corrected chi connectivity index (χ2v) is 3.47. The standard InChI is InChI=1S/C8H8ClNS/c1-2-3-10-5-8-4-7(9)6-11-8/h1,4,6,10H,3,5H2. The average Bonchev–Trinajstić information content (AvgIpc) is 2.37. The molecule has 0 aliphatic rings. The van der Waals surface area contributed by atoms with Gasteiger partial charge in [-0.25, -0.2) is 0 Å². The summed E-state index contributed by atoms with van der Waals surface area (Å²) in [5.41, 5.74) is 0. The molecular weight excluding hydrogens is 178 g/mol. The Labute approximate surface area is 75.4 Å². The number of halogens is 1. The Kier molecular flexibility index (Phi) is 3.44. The summed E-state index contributed by atoms with van der Waals surface area (Å²) in [5.74, 6) is 2.51. The molecular formula is C8H8ClNS. The van der Waals surface area contributed by atoms with Crippen LogP contribution < -0.4 is 5.32 Å². The van der Waals surface area contributed by atoms with Crippen LogP contribution in [0.4, 0.5) is 0 Å². The SMILES string of the molecule is C#CCNCc1cc(Cl)cs1. The van der Waals surface area contributed by atoms with Crippen molar-refractivity contribution in [3.63, 3.8) is 0 Å². The molecule has 0 aliphatic carbocycles. The van der Waals surface area contributed by atoms with Crippen LogP contribution in [0.1, 0.15) is 4.88 Å². The maximum Gasteiger partial charge on any atom is 0.0576 e. The van der Waals surface area contributed by atoms with Gasteiger partial charge in [-0.05, 0) is 6.07 Å². The summed E-state index contributed by atoms with van der Waals surface area (Å²) in [6, 6.07) is 1.94. The van der Waals surface area contributed by atoms with Gasteiger partial charge in [-0.1, -0.05) is 17.5 Å². The molecule has 0 saturated heterocycles. The van der Waals surface area contributed by atoms with E-state index in [9.17, 15) is 0 Å². The van der Waals surface area contributed by atoms with Crippen molar-refractivity contribution in [3.8, 4) is 12.3 Å². The van der Waals surface area contributed by atoms with E-state index in [0.717, 1.165) is 11.6 Å². The first-order valence-corrected chi connectivity index (χ1v) is 4.46. The fourth-order valence-corrected chi connectivity index (χ4v) is 1.75. The molecule has 0 radical (unpaired) electrons. The van der Waals surface area contributed by atoms with Crippen LogP contribution >= 0.6 is 22.9 Å². The van der Waals surface area contributed by atoms with Crippen LogP contribution in [0.5, 0.6) is 0 Å². The molecule has 11 heavy (non-hydrogen) atoms. The summed E-state index contributed by atoms with van der Waals surface area (Å²) in [6.45, 7) is 1.41. The van der Waals surface area contributed by atoms with Crippen LogP contribution in [0.25, 0.3) is 0 Å². The first kappa shape index (κ1) is 8.61. The molecule has 1 rings (SSSR count). The Morgan fingerprint density at radius 3 is 3.09 bits per heavy atom.